The largest absolute Gasteiger partial charge is 0.465 e. The lowest BCUT2D eigenvalue weighted by Gasteiger charge is -2.11. The summed E-state index contributed by atoms with van der Waals surface area (Å²) in [4.78, 5) is 24.4. The third-order valence-corrected chi connectivity index (χ3v) is 5.71. The van der Waals surface area contributed by atoms with Gasteiger partial charge in [0.1, 0.15) is 0 Å². The fraction of sp³-hybridized carbons (Fsp3) is 0.0476. The van der Waals surface area contributed by atoms with Crippen LogP contribution >= 0.6 is 11.6 Å². The van der Waals surface area contributed by atoms with E-state index in [0.717, 1.165) is 0 Å². The molecule has 0 aliphatic rings. The van der Waals surface area contributed by atoms with Gasteiger partial charge in [-0.3, -0.25) is 9.52 Å². The second kappa shape index (κ2) is 8.98. The molecule has 0 spiro atoms. The summed E-state index contributed by atoms with van der Waals surface area (Å²) in [5.41, 5.74) is 0.873. The Bertz CT molecular complexity index is 1190. The number of halogens is 1. The number of carbonyl (C=O) groups is 2. The molecule has 0 fully saturated rings. The third-order valence-electron chi connectivity index (χ3n) is 4.08. The molecule has 0 aromatic heterocycles. The van der Waals surface area contributed by atoms with Gasteiger partial charge >= 0.3 is 5.97 Å². The van der Waals surface area contributed by atoms with Gasteiger partial charge in [0.25, 0.3) is 15.9 Å². The summed E-state index contributed by atoms with van der Waals surface area (Å²) in [5.74, 6) is -1.18. The average molecular weight is 445 g/mol. The minimum absolute atomic E-state index is 0.0913. The minimum atomic E-state index is -3.93. The molecule has 9 heteroatoms. The molecule has 0 saturated carbocycles. The Morgan fingerprint density at radius 2 is 1.63 bits per heavy atom. The maximum Gasteiger partial charge on any atom is 0.339 e. The van der Waals surface area contributed by atoms with Crippen LogP contribution in [-0.4, -0.2) is 27.4 Å². The Kier molecular flexibility index (Phi) is 6.39. The molecule has 0 atom stereocenters. The first-order chi connectivity index (χ1) is 14.3. The van der Waals surface area contributed by atoms with Crippen LogP contribution in [0.15, 0.2) is 77.7 Å². The number of carbonyl (C=O) groups excluding carboxylic acids is 2. The van der Waals surface area contributed by atoms with Crippen molar-refractivity contribution < 1.29 is 22.7 Å². The van der Waals surface area contributed by atoms with E-state index in [4.69, 9.17) is 16.3 Å². The average Bonchev–Trinajstić information content (AvgIpc) is 2.75. The summed E-state index contributed by atoms with van der Waals surface area (Å²) in [7, 11) is -2.69. The van der Waals surface area contributed by atoms with Gasteiger partial charge in [-0.05, 0) is 54.6 Å². The van der Waals surface area contributed by atoms with Crippen molar-refractivity contribution in [1.29, 1.82) is 0 Å². The standard InChI is InChI=1S/C21H17ClN2O5S/c1-29-21(26)18-7-2-3-8-19(18)23-20(25)14-5-4-6-17(13-14)30(27,28)24-16-11-9-15(22)10-12-16/h2-13,24H,1H3,(H,23,25). The maximum absolute atomic E-state index is 12.7. The number of hydrogen-bond acceptors (Lipinski definition) is 5. The van der Waals surface area contributed by atoms with Gasteiger partial charge in [-0.25, -0.2) is 13.2 Å². The Hall–Kier alpha value is -3.36. The molecule has 0 saturated heterocycles. The molecular formula is C21H17ClN2O5S. The molecule has 0 aliphatic carbocycles. The van der Waals surface area contributed by atoms with Crippen molar-refractivity contribution in [2.24, 2.45) is 0 Å². The number of amides is 1. The zero-order valence-corrected chi connectivity index (χ0v) is 17.3. The van der Waals surface area contributed by atoms with Crippen molar-refractivity contribution in [3.63, 3.8) is 0 Å². The Balaban J connectivity index is 1.84. The van der Waals surface area contributed by atoms with Crippen molar-refractivity contribution in [3.8, 4) is 0 Å². The number of methoxy groups -OCH3 is 1. The molecule has 0 radical (unpaired) electrons. The van der Waals surface area contributed by atoms with Crippen molar-refractivity contribution in [2.45, 2.75) is 4.90 Å². The van der Waals surface area contributed by atoms with E-state index in [2.05, 4.69) is 10.0 Å². The lowest BCUT2D eigenvalue weighted by Crippen LogP contribution is -2.17. The number of nitrogens with one attached hydrogen (secondary N) is 2. The lowest BCUT2D eigenvalue weighted by atomic mass is 10.1. The summed E-state index contributed by atoms with van der Waals surface area (Å²) >= 11 is 5.81. The number of hydrogen-bond donors (Lipinski definition) is 2. The normalized spacial score (nSPS) is 10.9. The first kappa shape index (κ1) is 21.4. The number of esters is 1. The topological polar surface area (TPSA) is 102 Å². The third kappa shape index (κ3) is 4.97. The zero-order chi connectivity index (χ0) is 21.7. The lowest BCUT2D eigenvalue weighted by molar-refractivity contribution is 0.0602. The summed E-state index contributed by atoms with van der Waals surface area (Å²) in [5, 5.41) is 3.08. The summed E-state index contributed by atoms with van der Waals surface area (Å²) in [6, 6.07) is 18.1. The SMILES string of the molecule is COC(=O)c1ccccc1NC(=O)c1cccc(S(=O)(=O)Nc2ccc(Cl)cc2)c1. The number of benzene rings is 3. The number of para-hydroxylation sites is 1. The smallest absolute Gasteiger partial charge is 0.339 e. The van der Waals surface area contributed by atoms with Gasteiger partial charge in [-0.2, -0.15) is 0 Å². The van der Waals surface area contributed by atoms with E-state index in [1.807, 2.05) is 0 Å². The second-order valence-electron chi connectivity index (χ2n) is 6.13. The van der Waals surface area contributed by atoms with E-state index in [1.54, 1.807) is 30.3 Å². The number of ether oxygens (including phenoxy) is 1. The molecule has 2 N–H and O–H groups in total. The molecule has 3 rings (SSSR count). The highest BCUT2D eigenvalue weighted by Gasteiger charge is 2.18. The van der Waals surface area contributed by atoms with E-state index >= 15 is 0 Å². The Morgan fingerprint density at radius 1 is 0.933 bits per heavy atom. The molecule has 7 nitrogen and oxygen atoms in total. The predicted octanol–water partition coefficient (Wildman–Crippen LogP) is 4.18. The summed E-state index contributed by atoms with van der Waals surface area (Å²) in [6.45, 7) is 0. The number of anilines is 2. The number of sulfonamides is 1. The second-order valence-corrected chi connectivity index (χ2v) is 8.25. The van der Waals surface area contributed by atoms with Crippen LogP contribution in [0.4, 0.5) is 11.4 Å². The van der Waals surface area contributed by atoms with Gasteiger partial charge in [0.05, 0.1) is 23.3 Å². The van der Waals surface area contributed by atoms with Crippen LogP contribution in [-0.2, 0) is 14.8 Å². The van der Waals surface area contributed by atoms with E-state index in [9.17, 15) is 18.0 Å². The van der Waals surface area contributed by atoms with E-state index in [1.165, 1.54) is 49.6 Å². The van der Waals surface area contributed by atoms with Crippen LogP contribution in [0.5, 0.6) is 0 Å². The predicted molar refractivity (Wildman–Crippen MR) is 114 cm³/mol. The van der Waals surface area contributed by atoms with Gasteiger partial charge in [0, 0.05) is 16.3 Å². The highest BCUT2D eigenvalue weighted by atomic mass is 35.5. The van der Waals surface area contributed by atoms with Gasteiger partial charge in [0.15, 0.2) is 0 Å². The maximum atomic E-state index is 12.7. The summed E-state index contributed by atoms with van der Waals surface area (Å²) < 4.78 is 32.5. The zero-order valence-electron chi connectivity index (χ0n) is 15.8. The molecule has 30 heavy (non-hydrogen) atoms. The van der Waals surface area contributed by atoms with Crippen LogP contribution in [0.1, 0.15) is 20.7 Å². The molecule has 0 aliphatic heterocycles. The van der Waals surface area contributed by atoms with Gasteiger partial charge in [-0.15, -0.1) is 0 Å². The van der Waals surface area contributed by atoms with Crippen molar-refractivity contribution in [1.82, 2.24) is 0 Å². The van der Waals surface area contributed by atoms with Crippen LogP contribution in [0, 0.1) is 0 Å². The molecule has 0 bridgehead atoms. The van der Waals surface area contributed by atoms with E-state index in [-0.39, 0.29) is 21.7 Å². The molecular weight excluding hydrogens is 428 g/mol. The van der Waals surface area contributed by atoms with Gasteiger partial charge < -0.3 is 10.1 Å². The van der Waals surface area contributed by atoms with Crippen LogP contribution in [0.3, 0.4) is 0 Å². The molecule has 154 valence electrons. The van der Waals surface area contributed by atoms with Gasteiger partial charge in [0.2, 0.25) is 0 Å². The van der Waals surface area contributed by atoms with Crippen molar-refractivity contribution in [2.75, 3.05) is 17.1 Å². The van der Waals surface area contributed by atoms with Crippen molar-refractivity contribution >= 4 is 44.9 Å². The van der Waals surface area contributed by atoms with E-state index in [0.29, 0.717) is 10.7 Å². The molecule has 1 amide bonds. The number of rotatable bonds is 6. The molecule has 3 aromatic carbocycles. The van der Waals surface area contributed by atoms with Gasteiger partial charge in [-0.1, -0.05) is 29.8 Å². The Morgan fingerprint density at radius 3 is 2.33 bits per heavy atom. The fourth-order valence-corrected chi connectivity index (χ4v) is 3.84. The van der Waals surface area contributed by atoms with Crippen LogP contribution < -0.4 is 10.0 Å². The fourth-order valence-electron chi connectivity index (χ4n) is 2.61. The quantitative estimate of drug-likeness (QED) is 0.555. The van der Waals surface area contributed by atoms with E-state index < -0.39 is 21.9 Å². The first-order valence-corrected chi connectivity index (χ1v) is 10.5. The molecule has 0 unspecified atom stereocenters. The molecule has 0 heterocycles. The van der Waals surface area contributed by atoms with Crippen LogP contribution in [0.25, 0.3) is 0 Å². The van der Waals surface area contributed by atoms with Crippen LogP contribution in [0.2, 0.25) is 5.02 Å². The monoisotopic (exact) mass is 444 g/mol. The molecule has 3 aromatic rings. The first-order valence-electron chi connectivity index (χ1n) is 8.67. The summed E-state index contributed by atoms with van der Waals surface area (Å²) in [6.07, 6.45) is 0. The minimum Gasteiger partial charge on any atom is -0.465 e. The highest BCUT2D eigenvalue weighted by Crippen LogP contribution is 2.21. The highest BCUT2D eigenvalue weighted by molar-refractivity contribution is 7.92. The Labute approximate surface area is 178 Å². The van der Waals surface area contributed by atoms with Crippen molar-refractivity contribution in [3.05, 3.63) is 88.9 Å².